The van der Waals surface area contributed by atoms with Gasteiger partial charge < -0.3 is 15.4 Å². The quantitative estimate of drug-likeness (QED) is 0.768. The molecule has 0 saturated heterocycles. The molecule has 0 aromatic carbocycles. The number of hydrogen-bond donors (Lipinski definition) is 2. The van der Waals surface area contributed by atoms with Crippen LogP contribution in [-0.2, 0) is 4.74 Å². The zero-order valence-electron chi connectivity index (χ0n) is 15.5. The van der Waals surface area contributed by atoms with Crippen molar-refractivity contribution in [1.82, 2.24) is 10.6 Å². The first-order valence-corrected chi connectivity index (χ1v) is 9.62. The molecule has 4 heteroatoms. The van der Waals surface area contributed by atoms with Crippen LogP contribution < -0.4 is 10.6 Å². The van der Waals surface area contributed by atoms with Crippen LogP contribution in [0.15, 0.2) is 0 Å². The van der Waals surface area contributed by atoms with E-state index in [1.807, 2.05) is 20.8 Å². The van der Waals surface area contributed by atoms with Crippen LogP contribution in [0.4, 0.5) is 4.79 Å². The Bertz CT molecular complexity index is 372. The van der Waals surface area contributed by atoms with Crippen LogP contribution in [0.1, 0.15) is 79.1 Å². The van der Waals surface area contributed by atoms with Crippen molar-refractivity contribution < 1.29 is 9.53 Å². The molecule has 134 valence electrons. The van der Waals surface area contributed by atoms with Crippen LogP contribution in [0, 0.1) is 11.8 Å². The highest BCUT2D eigenvalue weighted by Crippen LogP contribution is 2.32. The average Bonchev–Trinajstić information content (AvgIpc) is 3.12. The van der Waals surface area contributed by atoms with Crippen LogP contribution in [0.3, 0.4) is 0 Å². The maximum absolute atomic E-state index is 12.0. The molecule has 23 heavy (non-hydrogen) atoms. The van der Waals surface area contributed by atoms with E-state index in [0.29, 0.717) is 24.5 Å². The van der Waals surface area contributed by atoms with Crippen LogP contribution >= 0.6 is 0 Å². The second-order valence-corrected chi connectivity index (χ2v) is 8.41. The Balaban J connectivity index is 1.88. The molecular formula is C19H36N2O2. The Morgan fingerprint density at radius 2 is 1.83 bits per heavy atom. The predicted octanol–water partition coefficient (Wildman–Crippen LogP) is 4.24. The van der Waals surface area contributed by atoms with Crippen molar-refractivity contribution in [2.45, 2.75) is 96.7 Å². The first kappa shape index (κ1) is 18.6. The Kier molecular flexibility index (Phi) is 6.75. The van der Waals surface area contributed by atoms with Crippen LogP contribution in [0.5, 0.6) is 0 Å². The SMILES string of the molecule is CCC1CCCC1NC(CNC(=O)OC(C)(C)C)C1CCCC1. The molecule has 2 saturated carbocycles. The molecule has 0 radical (unpaired) electrons. The van der Waals surface area contributed by atoms with E-state index in [9.17, 15) is 4.79 Å². The van der Waals surface area contributed by atoms with Gasteiger partial charge in [-0.05, 0) is 58.3 Å². The van der Waals surface area contributed by atoms with Gasteiger partial charge in [0.05, 0.1) is 0 Å². The summed E-state index contributed by atoms with van der Waals surface area (Å²) in [5.74, 6) is 1.50. The molecule has 3 unspecified atom stereocenters. The topological polar surface area (TPSA) is 50.4 Å². The van der Waals surface area contributed by atoms with Crippen molar-refractivity contribution in [3.05, 3.63) is 0 Å². The summed E-state index contributed by atoms with van der Waals surface area (Å²) in [6.07, 6.45) is 10.2. The molecular weight excluding hydrogens is 288 g/mol. The first-order chi connectivity index (χ1) is 10.9. The van der Waals surface area contributed by atoms with E-state index >= 15 is 0 Å². The van der Waals surface area contributed by atoms with E-state index < -0.39 is 5.60 Å². The van der Waals surface area contributed by atoms with E-state index in [0.717, 1.165) is 5.92 Å². The van der Waals surface area contributed by atoms with Crippen molar-refractivity contribution >= 4 is 6.09 Å². The maximum atomic E-state index is 12.0. The minimum absolute atomic E-state index is 0.291. The number of rotatable bonds is 6. The Morgan fingerprint density at radius 3 is 2.43 bits per heavy atom. The smallest absolute Gasteiger partial charge is 0.407 e. The minimum Gasteiger partial charge on any atom is -0.444 e. The fourth-order valence-electron chi connectivity index (χ4n) is 4.25. The Hall–Kier alpha value is -0.770. The summed E-state index contributed by atoms with van der Waals surface area (Å²) >= 11 is 0. The van der Waals surface area contributed by atoms with E-state index in [-0.39, 0.29) is 6.09 Å². The molecule has 2 rings (SSSR count). The number of amides is 1. The van der Waals surface area contributed by atoms with E-state index in [2.05, 4.69) is 17.6 Å². The summed E-state index contributed by atoms with van der Waals surface area (Å²) in [6, 6.07) is 1.02. The lowest BCUT2D eigenvalue weighted by Gasteiger charge is -2.31. The van der Waals surface area contributed by atoms with E-state index in [1.54, 1.807) is 0 Å². The van der Waals surface area contributed by atoms with Gasteiger partial charge in [0, 0.05) is 18.6 Å². The van der Waals surface area contributed by atoms with Gasteiger partial charge >= 0.3 is 6.09 Å². The number of nitrogens with one attached hydrogen (secondary N) is 2. The maximum Gasteiger partial charge on any atom is 0.407 e. The molecule has 1 amide bonds. The molecule has 3 atom stereocenters. The van der Waals surface area contributed by atoms with Gasteiger partial charge in [0.2, 0.25) is 0 Å². The third kappa shape index (κ3) is 5.98. The molecule has 0 aliphatic heterocycles. The second-order valence-electron chi connectivity index (χ2n) is 8.41. The summed E-state index contributed by atoms with van der Waals surface area (Å²) in [6.45, 7) is 8.71. The van der Waals surface area contributed by atoms with Crippen LogP contribution in [0.2, 0.25) is 0 Å². The first-order valence-electron chi connectivity index (χ1n) is 9.62. The average molecular weight is 325 g/mol. The highest BCUT2D eigenvalue weighted by Gasteiger charge is 2.32. The van der Waals surface area contributed by atoms with E-state index in [4.69, 9.17) is 4.74 Å². The minimum atomic E-state index is -0.431. The van der Waals surface area contributed by atoms with Crippen LogP contribution in [0.25, 0.3) is 0 Å². The van der Waals surface area contributed by atoms with Gasteiger partial charge in [0.1, 0.15) is 5.60 Å². The summed E-state index contributed by atoms with van der Waals surface area (Å²) in [5.41, 5.74) is -0.431. The van der Waals surface area contributed by atoms with Gasteiger partial charge in [0.25, 0.3) is 0 Å². The molecule has 2 aliphatic carbocycles. The number of alkyl carbamates (subject to hydrolysis) is 1. The summed E-state index contributed by atoms with van der Waals surface area (Å²) < 4.78 is 5.39. The molecule has 2 N–H and O–H groups in total. The van der Waals surface area contributed by atoms with Gasteiger partial charge in [-0.1, -0.05) is 32.6 Å². The van der Waals surface area contributed by atoms with Crippen molar-refractivity contribution in [1.29, 1.82) is 0 Å². The van der Waals surface area contributed by atoms with Gasteiger partial charge in [-0.25, -0.2) is 4.79 Å². The van der Waals surface area contributed by atoms with Crippen molar-refractivity contribution in [2.24, 2.45) is 11.8 Å². The van der Waals surface area contributed by atoms with Crippen molar-refractivity contribution in [3.8, 4) is 0 Å². The summed E-state index contributed by atoms with van der Waals surface area (Å²) in [7, 11) is 0. The highest BCUT2D eigenvalue weighted by atomic mass is 16.6. The third-order valence-corrected chi connectivity index (χ3v) is 5.45. The molecule has 0 spiro atoms. The normalized spacial score (nSPS) is 27.1. The lowest BCUT2D eigenvalue weighted by Crippen LogP contribution is -2.50. The number of carbonyl (C=O) groups excluding carboxylic acids is 1. The van der Waals surface area contributed by atoms with Crippen molar-refractivity contribution in [2.75, 3.05) is 6.54 Å². The molecule has 2 fully saturated rings. The van der Waals surface area contributed by atoms with Gasteiger partial charge in [0.15, 0.2) is 0 Å². The molecule has 0 aromatic heterocycles. The number of carbonyl (C=O) groups is 1. The summed E-state index contributed by atoms with van der Waals surface area (Å²) in [5, 5.41) is 6.91. The lowest BCUT2D eigenvalue weighted by atomic mass is 9.94. The summed E-state index contributed by atoms with van der Waals surface area (Å²) in [4.78, 5) is 12.0. The number of hydrogen-bond acceptors (Lipinski definition) is 3. The molecule has 2 aliphatic rings. The second kappa shape index (κ2) is 8.36. The standard InChI is InChI=1S/C19H36N2O2/c1-5-14-11-8-12-16(14)21-17(15-9-6-7-10-15)13-20-18(22)23-19(2,3)4/h14-17,21H,5-13H2,1-4H3,(H,20,22). The molecule has 0 heterocycles. The van der Waals surface area contributed by atoms with Crippen LogP contribution in [-0.4, -0.2) is 30.3 Å². The highest BCUT2D eigenvalue weighted by molar-refractivity contribution is 5.67. The van der Waals surface area contributed by atoms with Gasteiger partial charge in [-0.15, -0.1) is 0 Å². The predicted molar refractivity (Wildman–Crippen MR) is 94.5 cm³/mol. The number of ether oxygens (including phenoxy) is 1. The largest absolute Gasteiger partial charge is 0.444 e. The zero-order chi connectivity index (χ0) is 16.9. The molecule has 4 nitrogen and oxygen atoms in total. The van der Waals surface area contributed by atoms with Crippen molar-refractivity contribution in [3.63, 3.8) is 0 Å². The Morgan fingerprint density at radius 1 is 1.13 bits per heavy atom. The van der Waals surface area contributed by atoms with E-state index in [1.165, 1.54) is 51.4 Å². The van der Waals surface area contributed by atoms with Gasteiger partial charge in [-0.3, -0.25) is 0 Å². The molecule has 0 bridgehead atoms. The monoisotopic (exact) mass is 324 g/mol. The lowest BCUT2D eigenvalue weighted by molar-refractivity contribution is 0.0516. The zero-order valence-corrected chi connectivity index (χ0v) is 15.5. The third-order valence-electron chi connectivity index (χ3n) is 5.45. The van der Waals surface area contributed by atoms with Gasteiger partial charge in [-0.2, -0.15) is 0 Å². The Labute approximate surface area is 142 Å². The molecule has 0 aromatic rings. The fourth-order valence-corrected chi connectivity index (χ4v) is 4.25. The fraction of sp³-hybridized carbons (Fsp3) is 0.947.